The molecule has 5 heteroatoms. The number of nitrogens with zero attached hydrogens (tertiary/aromatic N) is 2. The van der Waals surface area contributed by atoms with E-state index in [9.17, 15) is 0 Å². The summed E-state index contributed by atoms with van der Waals surface area (Å²) in [5.74, 6) is 1.34. The van der Waals surface area contributed by atoms with Crippen molar-refractivity contribution in [3.8, 4) is 45.1 Å². The van der Waals surface area contributed by atoms with E-state index in [-0.39, 0.29) is 16.5 Å². The van der Waals surface area contributed by atoms with Gasteiger partial charge in [0.2, 0.25) is 0 Å². The van der Waals surface area contributed by atoms with Crippen LogP contribution in [0, 0.1) is 0 Å². The van der Waals surface area contributed by atoms with E-state index in [1.54, 1.807) is 0 Å². The molecule has 224 valence electrons. The zero-order valence-corrected chi connectivity index (χ0v) is 27.9. The lowest BCUT2D eigenvalue weighted by Crippen LogP contribution is -2.18. The van der Waals surface area contributed by atoms with E-state index < -0.39 is 7.14 Å². The normalized spacial score (nSPS) is 16.1. The fourth-order valence-corrected chi connectivity index (χ4v) is 9.14. The van der Waals surface area contributed by atoms with Crippen LogP contribution in [0.3, 0.4) is 0 Å². The number of ether oxygens (including phenoxy) is 1. The molecular formula is C39H41N2O2P. The van der Waals surface area contributed by atoms with E-state index in [0.29, 0.717) is 11.5 Å². The highest BCUT2D eigenvalue weighted by molar-refractivity contribution is 7.80. The fraction of sp³-hybridized carbons (Fsp3) is 0.282. The molecule has 4 nitrogen and oxygen atoms in total. The Morgan fingerprint density at radius 1 is 0.636 bits per heavy atom. The second kappa shape index (κ2) is 10.9. The Hall–Kier alpha value is -4.01. The molecule has 3 aromatic carbocycles. The Kier molecular flexibility index (Phi) is 7.41. The Balaban J connectivity index is 1.51. The summed E-state index contributed by atoms with van der Waals surface area (Å²) in [5.41, 5.74) is 8.03. The number of hydrogen-bond acceptors (Lipinski definition) is 4. The highest BCUT2D eigenvalue weighted by Gasteiger charge is 2.43. The number of fused-ring (bicyclic) bond motifs is 3. The molecule has 0 fully saturated rings. The van der Waals surface area contributed by atoms with Gasteiger partial charge < -0.3 is 9.30 Å². The van der Waals surface area contributed by atoms with Crippen LogP contribution >= 0.6 is 7.14 Å². The van der Waals surface area contributed by atoms with Gasteiger partial charge in [0, 0.05) is 45.4 Å². The van der Waals surface area contributed by atoms with Gasteiger partial charge in [0.15, 0.2) is 0 Å². The Labute approximate surface area is 262 Å². The third-order valence-corrected chi connectivity index (χ3v) is 12.2. The molecule has 1 unspecified atom stereocenters. The molecule has 0 radical (unpaired) electrons. The minimum absolute atomic E-state index is 0.0207. The van der Waals surface area contributed by atoms with Gasteiger partial charge in [-0.3, -0.25) is 9.97 Å². The van der Waals surface area contributed by atoms with Crippen LogP contribution in [0.2, 0.25) is 0 Å². The Morgan fingerprint density at radius 3 is 1.93 bits per heavy atom. The van der Waals surface area contributed by atoms with Gasteiger partial charge in [-0.1, -0.05) is 91.8 Å². The summed E-state index contributed by atoms with van der Waals surface area (Å²) in [7, 11) is -2.94. The summed E-state index contributed by atoms with van der Waals surface area (Å²) in [4.78, 5) is 9.50. The minimum Gasteiger partial charge on any atom is -0.457 e. The summed E-state index contributed by atoms with van der Waals surface area (Å²) in [6.45, 7) is 17.3. The van der Waals surface area contributed by atoms with E-state index in [2.05, 4.69) is 103 Å². The van der Waals surface area contributed by atoms with Gasteiger partial charge in [-0.2, -0.15) is 0 Å². The SMILES string of the molecule is CC(C)P1(=O)c2ccccc2-c2c(-c3cc(C(C)(C)C)ccn3)cc(Oc3cccc(-c4cc(C(C)(C)C)ccn4)c3)cc21. The zero-order chi connectivity index (χ0) is 31.4. The van der Waals surface area contributed by atoms with Crippen molar-refractivity contribution in [1.29, 1.82) is 0 Å². The summed E-state index contributed by atoms with van der Waals surface area (Å²) >= 11 is 0. The van der Waals surface area contributed by atoms with Gasteiger partial charge in [-0.15, -0.1) is 0 Å². The first kappa shape index (κ1) is 30.0. The topological polar surface area (TPSA) is 52.1 Å². The molecule has 1 aliphatic heterocycles. The van der Waals surface area contributed by atoms with Crippen LogP contribution in [0.4, 0.5) is 0 Å². The quantitative estimate of drug-likeness (QED) is 0.188. The van der Waals surface area contributed by atoms with E-state index >= 15 is 4.57 Å². The molecule has 0 N–H and O–H groups in total. The van der Waals surface area contributed by atoms with Crippen molar-refractivity contribution in [3.63, 3.8) is 0 Å². The smallest absolute Gasteiger partial charge is 0.147 e. The van der Waals surface area contributed by atoms with Crippen LogP contribution in [0.5, 0.6) is 11.5 Å². The first-order valence-corrected chi connectivity index (χ1v) is 17.1. The standard InChI is InChI=1S/C39H41N2O2P/c1-25(2)44(42)35-15-10-9-14-31(35)37-32(34-22-28(17-19-41-34)39(6,7)8)23-30(24-36(37)44)43-29-13-11-12-26(20-29)33-21-27(16-18-40-33)38(3,4)5/h9-25H,1-8H3. The van der Waals surface area contributed by atoms with Gasteiger partial charge in [-0.05, 0) is 76.1 Å². The van der Waals surface area contributed by atoms with Gasteiger partial charge in [0.1, 0.15) is 18.6 Å². The number of aromatic nitrogens is 2. The molecule has 0 amide bonds. The molecule has 0 spiro atoms. The van der Waals surface area contributed by atoms with Crippen molar-refractivity contribution in [3.05, 3.63) is 108 Å². The second-order valence-electron chi connectivity index (χ2n) is 14.1. The highest BCUT2D eigenvalue weighted by atomic mass is 31.2. The Morgan fingerprint density at radius 2 is 1.27 bits per heavy atom. The first-order valence-electron chi connectivity index (χ1n) is 15.4. The average Bonchev–Trinajstić information content (AvgIpc) is 3.25. The number of hydrogen-bond donors (Lipinski definition) is 0. The van der Waals surface area contributed by atoms with Crippen LogP contribution in [0.1, 0.15) is 66.5 Å². The fourth-order valence-electron chi connectivity index (χ4n) is 6.02. The van der Waals surface area contributed by atoms with Crippen LogP contribution < -0.4 is 15.3 Å². The lowest BCUT2D eigenvalue weighted by Gasteiger charge is -2.22. The van der Waals surface area contributed by atoms with E-state index in [4.69, 9.17) is 9.72 Å². The summed E-state index contributed by atoms with van der Waals surface area (Å²) in [5, 5.41) is 1.77. The lowest BCUT2D eigenvalue weighted by molar-refractivity contribution is 0.483. The molecule has 2 aromatic heterocycles. The van der Waals surface area contributed by atoms with Crippen molar-refractivity contribution >= 4 is 17.8 Å². The van der Waals surface area contributed by atoms with Crippen LogP contribution in [0.25, 0.3) is 33.6 Å². The van der Waals surface area contributed by atoms with Crippen molar-refractivity contribution in [2.24, 2.45) is 0 Å². The predicted molar refractivity (Wildman–Crippen MR) is 184 cm³/mol. The number of rotatable bonds is 5. The van der Waals surface area contributed by atoms with Crippen molar-refractivity contribution < 1.29 is 9.30 Å². The van der Waals surface area contributed by atoms with Crippen molar-refractivity contribution in [1.82, 2.24) is 9.97 Å². The van der Waals surface area contributed by atoms with Crippen LogP contribution in [0.15, 0.2) is 97.3 Å². The zero-order valence-electron chi connectivity index (χ0n) is 27.0. The summed E-state index contributed by atoms with van der Waals surface area (Å²) < 4.78 is 21.7. The van der Waals surface area contributed by atoms with Crippen LogP contribution in [-0.4, -0.2) is 15.6 Å². The predicted octanol–water partition coefficient (Wildman–Crippen LogP) is 9.90. The maximum Gasteiger partial charge on any atom is 0.147 e. The van der Waals surface area contributed by atoms with E-state index in [1.165, 1.54) is 11.1 Å². The second-order valence-corrected chi connectivity index (χ2v) is 17.4. The third-order valence-electron chi connectivity index (χ3n) is 8.60. The average molecular weight is 601 g/mol. The summed E-state index contributed by atoms with van der Waals surface area (Å²) in [6, 6.07) is 28.7. The molecule has 0 saturated carbocycles. The highest BCUT2D eigenvalue weighted by Crippen LogP contribution is 2.58. The Bertz CT molecular complexity index is 1930. The van der Waals surface area contributed by atoms with Gasteiger partial charge in [-0.25, -0.2) is 0 Å². The first-order chi connectivity index (χ1) is 20.8. The summed E-state index contributed by atoms with van der Waals surface area (Å²) in [6.07, 6.45) is 3.75. The van der Waals surface area contributed by atoms with E-state index in [1.807, 2.05) is 54.9 Å². The minimum atomic E-state index is -2.94. The maximum absolute atomic E-state index is 15.0. The molecule has 0 bridgehead atoms. The number of benzene rings is 3. The monoisotopic (exact) mass is 600 g/mol. The van der Waals surface area contributed by atoms with Gasteiger partial charge in [0.05, 0.1) is 11.4 Å². The largest absolute Gasteiger partial charge is 0.457 e. The lowest BCUT2D eigenvalue weighted by atomic mass is 9.86. The van der Waals surface area contributed by atoms with Crippen molar-refractivity contribution in [2.45, 2.75) is 71.9 Å². The molecule has 6 rings (SSSR count). The van der Waals surface area contributed by atoms with Crippen molar-refractivity contribution in [2.75, 3.05) is 0 Å². The molecule has 1 atom stereocenters. The molecule has 1 aliphatic rings. The molecular weight excluding hydrogens is 559 g/mol. The molecule has 44 heavy (non-hydrogen) atoms. The van der Waals surface area contributed by atoms with E-state index in [0.717, 1.165) is 44.3 Å². The maximum atomic E-state index is 15.0. The molecule has 0 saturated heterocycles. The molecule has 0 aliphatic carbocycles. The molecule has 3 heterocycles. The van der Waals surface area contributed by atoms with Gasteiger partial charge >= 0.3 is 0 Å². The third kappa shape index (κ3) is 5.30. The van der Waals surface area contributed by atoms with Crippen LogP contribution in [-0.2, 0) is 15.4 Å². The number of pyridine rings is 2. The van der Waals surface area contributed by atoms with Gasteiger partial charge in [0.25, 0.3) is 0 Å². The molecule has 5 aromatic rings.